The van der Waals surface area contributed by atoms with Crippen molar-refractivity contribution < 1.29 is 9.90 Å². The minimum atomic E-state index is -0.949. The van der Waals surface area contributed by atoms with Crippen molar-refractivity contribution in [2.24, 2.45) is 0 Å². The number of carboxylic acid groups (broad SMARTS) is 1. The lowest BCUT2D eigenvalue weighted by Crippen LogP contribution is -1.96. The Balaban J connectivity index is 2.35. The maximum atomic E-state index is 10.6. The molecule has 0 aliphatic rings. The minimum absolute atomic E-state index is 0.214. The van der Waals surface area contributed by atoms with Crippen molar-refractivity contribution in [3.8, 4) is 11.3 Å². The first-order valence-corrected chi connectivity index (χ1v) is 5.29. The number of carboxylic acids is 1. The predicted octanol–water partition coefficient (Wildman–Crippen LogP) is 2.82. The van der Waals surface area contributed by atoms with Gasteiger partial charge in [-0.3, -0.25) is 4.98 Å². The Morgan fingerprint density at radius 1 is 1.47 bits per heavy atom. The van der Waals surface area contributed by atoms with Gasteiger partial charge in [0.1, 0.15) is 0 Å². The van der Waals surface area contributed by atoms with Crippen molar-refractivity contribution in [1.29, 1.82) is 0 Å². The zero-order valence-corrected chi connectivity index (χ0v) is 8.91. The van der Waals surface area contributed by atoms with Gasteiger partial charge in [0.15, 0.2) is 0 Å². The van der Waals surface area contributed by atoms with Gasteiger partial charge in [-0.25, -0.2) is 4.79 Å². The lowest BCUT2D eigenvalue weighted by Gasteiger charge is -1.97. The Hall–Kier alpha value is -1.68. The van der Waals surface area contributed by atoms with Crippen molar-refractivity contribution in [1.82, 2.24) is 4.98 Å². The van der Waals surface area contributed by atoms with Crippen LogP contribution in [0.3, 0.4) is 0 Å². The molecule has 2 aromatic heterocycles. The van der Waals surface area contributed by atoms with Gasteiger partial charge in [-0.1, -0.05) is 0 Å². The molecule has 0 saturated carbocycles. The third-order valence-corrected chi connectivity index (χ3v) is 2.90. The normalized spacial score (nSPS) is 10.2. The van der Waals surface area contributed by atoms with Crippen LogP contribution in [0.25, 0.3) is 11.3 Å². The fourth-order valence-corrected chi connectivity index (χ4v) is 1.97. The van der Waals surface area contributed by atoms with E-state index in [1.54, 1.807) is 23.5 Å². The van der Waals surface area contributed by atoms with Crippen LogP contribution in [0.1, 0.15) is 15.2 Å². The highest BCUT2D eigenvalue weighted by atomic mass is 32.1. The molecule has 0 amide bonds. The number of pyridine rings is 1. The summed E-state index contributed by atoms with van der Waals surface area (Å²) >= 11 is 1.65. The minimum Gasteiger partial charge on any atom is -0.478 e. The molecule has 0 aliphatic carbocycles. The molecule has 15 heavy (non-hydrogen) atoms. The summed E-state index contributed by atoms with van der Waals surface area (Å²) in [6.45, 7) is 2.03. The van der Waals surface area contributed by atoms with Gasteiger partial charge in [0.2, 0.25) is 0 Å². The monoisotopic (exact) mass is 219 g/mol. The molecule has 3 nitrogen and oxygen atoms in total. The Kier molecular flexibility index (Phi) is 2.51. The first-order valence-electron chi connectivity index (χ1n) is 4.41. The van der Waals surface area contributed by atoms with Gasteiger partial charge >= 0.3 is 5.97 Å². The molecule has 0 radical (unpaired) electrons. The second-order valence-electron chi connectivity index (χ2n) is 3.18. The zero-order chi connectivity index (χ0) is 10.8. The molecule has 0 atom stereocenters. The number of carbonyl (C=O) groups is 1. The molecule has 2 rings (SSSR count). The number of hydrogen-bond donors (Lipinski definition) is 1. The van der Waals surface area contributed by atoms with Crippen LogP contribution < -0.4 is 0 Å². The fraction of sp³-hybridized carbons (Fsp3) is 0.0909. The van der Waals surface area contributed by atoms with Crippen molar-refractivity contribution in [3.05, 3.63) is 40.2 Å². The average molecular weight is 219 g/mol. The summed E-state index contributed by atoms with van der Waals surface area (Å²) in [5.74, 6) is -0.949. The maximum Gasteiger partial charge on any atom is 0.337 e. The predicted molar refractivity (Wildman–Crippen MR) is 59.2 cm³/mol. The summed E-state index contributed by atoms with van der Waals surface area (Å²) in [4.78, 5) is 15.9. The molecule has 2 aromatic rings. The smallest absolute Gasteiger partial charge is 0.337 e. The SMILES string of the molecule is Cc1cc(-c2ccc(C(=O)O)cn2)cs1. The number of nitrogens with zero attached hydrogens (tertiary/aromatic N) is 1. The van der Waals surface area contributed by atoms with E-state index in [4.69, 9.17) is 5.11 Å². The number of aryl methyl sites for hydroxylation is 1. The highest BCUT2D eigenvalue weighted by Crippen LogP contribution is 2.23. The molecule has 4 heteroatoms. The van der Waals surface area contributed by atoms with E-state index in [0.29, 0.717) is 0 Å². The fourth-order valence-electron chi connectivity index (χ4n) is 1.27. The van der Waals surface area contributed by atoms with E-state index in [9.17, 15) is 4.79 Å². The van der Waals surface area contributed by atoms with Crippen LogP contribution in [0.5, 0.6) is 0 Å². The van der Waals surface area contributed by atoms with Gasteiger partial charge in [-0.2, -0.15) is 0 Å². The van der Waals surface area contributed by atoms with E-state index in [-0.39, 0.29) is 5.56 Å². The van der Waals surface area contributed by atoms with Gasteiger partial charge in [0, 0.05) is 22.0 Å². The van der Waals surface area contributed by atoms with Gasteiger partial charge < -0.3 is 5.11 Å². The van der Waals surface area contributed by atoms with Crippen LogP contribution in [0.15, 0.2) is 29.8 Å². The average Bonchev–Trinajstić information content (AvgIpc) is 2.65. The van der Waals surface area contributed by atoms with Crippen molar-refractivity contribution in [3.63, 3.8) is 0 Å². The van der Waals surface area contributed by atoms with Crippen LogP contribution in [0, 0.1) is 6.92 Å². The van der Waals surface area contributed by atoms with Gasteiger partial charge in [-0.05, 0) is 25.1 Å². The van der Waals surface area contributed by atoms with Crippen molar-refractivity contribution >= 4 is 17.3 Å². The number of thiophene rings is 1. The van der Waals surface area contributed by atoms with Gasteiger partial charge in [0.05, 0.1) is 11.3 Å². The van der Waals surface area contributed by atoms with Gasteiger partial charge in [-0.15, -0.1) is 11.3 Å². The molecule has 2 heterocycles. The molecule has 0 unspecified atom stereocenters. The first-order chi connectivity index (χ1) is 7.16. The second kappa shape index (κ2) is 3.82. The summed E-state index contributed by atoms with van der Waals surface area (Å²) in [6.07, 6.45) is 1.38. The number of hydrogen-bond acceptors (Lipinski definition) is 3. The quantitative estimate of drug-likeness (QED) is 0.844. The molecule has 0 bridgehead atoms. The lowest BCUT2D eigenvalue weighted by molar-refractivity contribution is 0.0696. The summed E-state index contributed by atoms with van der Waals surface area (Å²) < 4.78 is 0. The Morgan fingerprint density at radius 3 is 2.73 bits per heavy atom. The van der Waals surface area contributed by atoms with E-state index in [0.717, 1.165) is 11.3 Å². The van der Waals surface area contributed by atoms with E-state index < -0.39 is 5.97 Å². The summed E-state index contributed by atoms with van der Waals surface area (Å²) in [7, 11) is 0. The van der Waals surface area contributed by atoms with Crippen LogP contribution >= 0.6 is 11.3 Å². The van der Waals surface area contributed by atoms with E-state index in [1.807, 2.05) is 18.4 Å². The maximum absolute atomic E-state index is 10.6. The van der Waals surface area contributed by atoms with Crippen molar-refractivity contribution in [2.45, 2.75) is 6.92 Å². The molecule has 0 aliphatic heterocycles. The van der Waals surface area contributed by atoms with Crippen LogP contribution in [0.4, 0.5) is 0 Å². The van der Waals surface area contributed by atoms with Crippen molar-refractivity contribution in [2.75, 3.05) is 0 Å². The third-order valence-electron chi connectivity index (χ3n) is 2.04. The van der Waals surface area contributed by atoms with Crippen LogP contribution in [-0.2, 0) is 0 Å². The van der Waals surface area contributed by atoms with Gasteiger partial charge in [0.25, 0.3) is 0 Å². The molecule has 1 N–H and O–H groups in total. The van der Waals surface area contributed by atoms with E-state index in [2.05, 4.69) is 4.98 Å². The number of rotatable bonds is 2. The second-order valence-corrected chi connectivity index (χ2v) is 4.30. The van der Waals surface area contributed by atoms with E-state index in [1.165, 1.54) is 11.1 Å². The highest BCUT2D eigenvalue weighted by Gasteiger charge is 2.05. The highest BCUT2D eigenvalue weighted by molar-refractivity contribution is 7.10. The molecular formula is C11H9NO2S. The first kappa shape index (κ1) is 9.86. The summed E-state index contributed by atoms with van der Waals surface area (Å²) in [5.41, 5.74) is 2.06. The Labute approximate surface area is 91.0 Å². The Bertz CT molecular complexity index is 488. The largest absolute Gasteiger partial charge is 0.478 e. The summed E-state index contributed by atoms with van der Waals surface area (Å²) in [5, 5.41) is 10.7. The summed E-state index contributed by atoms with van der Waals surface area (Å²) in [6, 6.07) is 5.33. The zero-order valence-electron chi connectivity index (χ0n) is 8.10. The topological polar surface area (TPSA) is 50.2 Å². The van der Waals surface area contributed by atoms with Crippen LogP contribution in [-0.4, -0.2) is 16.1 Å². The Morgan fingerprint density at radius 2 is 2.27 bits per heavy atom. The molecule has 0 saturated heterocycles. The number of aromatic carboxylic acids is 1. The molecule has 0 fully saturated rings. The molecule has 0 spiro atoms. The molecular weight excluding hydrogens is 210 g/mol. The molecule has 0 aromatic carbocycles. The van der Waals surface area contributed by atoms with Crippen LogP contribution in [0.2, 0.25) is 0 Å². The third kappa shape index (κ3) is 2.05. The molecule has 76 valence electrons. The standard InChI is InChI=1S/C11H9NO2S/c1-7-4-9(6-15-7)10-3-2-8(5-12-10)11(13)14/h2-6H,1H3,(H,13,14). The number of aromatic nitrogens is 1. The lowest BCUT2D eigenvalue weighted by atomic mass is 10.2. The van der Waals surface area contributed by atoms with E-state index >= 15 is 0 Å².